The Bertz CT molecular complexity index is 772. The lowest BCUT2D eigenvalue weighted by Crippen LogP contribution is -2.11. The van der Waals surface area contributed by atoms with Crippen LogP contribution in [0.4, 0.5) is 8.78 Å². The van der Waals surface area contributed by atoms with Crippen LogP contribution in [0, 0.1) is 11.6 Å². The topological polar surface area (TPSA) is 52.6 Å². The summed E-state index contributed by atoms with van der Waals surface area (Å²) >= 11 is 0. The van der Waals surface area contributed by atoms with Gasteiger partial charge in [-0.05, 0) is 35.9 Å². The molecule has 0 aromatic heterocycles. The first-order valence-corrected chi connectivity index (χ1v) is 7.15. The van der Waals surface area contributed by atoms with Crippen LogP contribution in [0.5, 0.6) is 11.5 Å². The van der Waals surface area contributed by atoms with Crippen molar-refractivity contribution in [1.29, 1.82) is 0 Å². The van der Waals surface area contributed by atoms with Crippen LogP contribution in [0.3, 0.4) is 0 Å². The van der Waals surface area contributed by atoms with Gasteiger partial charge in [0, 0.05) is 12.0 Å². The van der Waals surface area contributed by atoms with Gasteiger partial charge in [0.2, 0.25) is 0 Å². The van der Waals surface area contributed by atoms with E-state index >= 15 is 0 Å². The molecule has 0 radical (unpaired) electrons. The van der Waals surface area contributed by atoms with Crippen LogP contribution >= 0.6 is 0 Å². The average Bonchev–Trinajstić information content (AvgIpc) is 2.54. The van der Waals surface area contributed by atoms with Gasteiger partial charge >= 0.3 is 0 Å². The molecule has 0 bridgehead atoms. The second kappa shape index (κ2) is 7.68. The van der Waals surface area contributed by atoms with Crippen LogP contribution in [0.25, 0.3) is 0 Å². The predicted octanol–water partition coefficient (Wildman–Crippen LogP) is 3.37. The molecule has 0 aliphatic heterocycles. The van der Waals surface area contributed by atoms with E-state index in [4.69, 9.17) is 9.47 Å². The lowest BCUT2D eigenvalue weighted by atomic mass is 10.0. The Hall–Kier alpha value is -2.76. The third kappa shape index (κ3) is 4.16. The van der Waals surface area contributed by atoms with Crippen LogP contribution in [0.1, 0.15) is 22.3 Å². The van der Waals surface area contributed by atoms with Crippen molar-refractivity contribution in [3.05, 3.63) is 59.2 Å². The van der Waals surface area contributed by atoms with Crippen LogP contribution in [0.2, 0.25) is 0 Å². The van der Waals surface area contributed by atoms with E-state index in [0.717, 1.165) is 6.07 Å². The summed E-state index contributed by atoms with van der Waals surface area (Å²) in [5.41, 5.74) is 0.523. The van der Waals surface area contributed by atoms with E-state index in [1.807, 2.05) is 0 Å². The van der Waals surface area contributed by atoms with Gasteiger partial charge in [-0.15, -0.1) is 0 Å². The minimum atomic E-state index is -0.673. The molecule has 0 amide bonds. The smallest absolute Gasteiger partial charge is 0.170 e. The van der Waals surface area contributed by atoms with Crippen LogP contribution < -0.4 is 9.47 Å². The fraction of sp³-hybridized carbons (Fsp3) is 0.222. The molecule has 2 aromatic rings. The summed E-state index contributed by atoms with van der Waals surface area (Å²) in [4.78, 5) is 24.0. The molecule has 0 atom stereocenters. The maximum atomic E-state index is 13.6. The molecule has 126 valence electrons. The maximum absolute atomic E-state index is 13.6. The van der Waals surface area contributed by atoms with Gasteiger partial charge in [-0.2, -0.15) is 0 Å². The maximum Gasteiger partial charge on any atom is 0.170 e. The Balaban J connectivity index is 2.02. The van der Waals surface area contributed by atoms with Gasteiger partial charge in [0.05, 0.1) is 20.6 Å². The highest BCUT2D eigenvalue weighted by molar-refractivity contribution is 6.08. The van der Waals surface area contributed by atoms with Crippen molar-refractivity contribution >= 4 is 11.6 Å². The molecule has 4 nitrogen and oxygen atoms in total. The summed E-state index contributed by atoms with van der Waals surface area (Å²) < 4.78 is 36.8. The molecule has 0 N–H and O–H groups in total. The number of ether oxygens (including phenoxy) is 2. The van der Waals surface area contributed by atoms with Gasteiger partial charge in [-0.25, -0.2) is 8.78 Å². The quantitative estimate of drug-likeness (QED) is 0.575. The summed E-state index contributed by atoms with van der Waals surface area (Å²) in [5.74, 6) is -2.04. The molecule has 0 fully saturated rings. The molecule has 0 heterocycles. The van der Waals surface area contributed by atoms with Crippen molar-refractivity contribution in [2.75, 3.05) is 14.2 Å². The molecule has 0 saturated carbocycles. The third-order valence-electron chi connectivity index (χ3n) is 3.45. The van der Waals surface area contributed by atoms with Crippen molar-refractivity contribution in [2.24, 2.45) is 0 Å². The van der Waals surface area contributed by atoms with Crippen molar-refractivity contribution in [2.45, 2.75) is 12.8 Å². The Morgan fingerprint density at radius 1 is 0.917 bits per heavy atom. The molecule has 0 saturated heterocycles. The second-order valence-corrected chi connectivity index (χ2v) is 5.13. The van der Waals surface area contributed by atoms with E-state index in [1.165, 1.54) is 38.5 Å². The number of benzene rings is 2. The van der Waals surface area contributed by atoms with E-state index in [1.54, 1.807) is 6.07 Å². The van der Waals surface area contributed by atoms with E-state index in [0.29, 0.717) is 5.56 Å². The fourth-order valence-electron chi connectivity index (χ4n) is 2.23. The van der Waals surface area contributed by atoms with Crippen molar-refractivity contribution < 1.29 is 27.8 Å². The zero-order valence-electron chi connectivity index (χ0n) is 13.3. The standard InChI is InChI=1S/C18H16F2O4/c1-23-17-5-3-11(8-14(17)19)7-13(21)10-16(22)12-4-6-18(24-2)15(20)9-12/h3-6,8-9H,7,10H2,1-2H3. The fourth-order valence-corrected chi connectivity index (χ4v) is 2.23. The normalized spacial score (nSPS) is 10.3. The minimum absolute atomic E-state index is 0.0200. The first-order chi connectivity index (χ1) is 11.4. The first-order valence-electron chi connectivity index (χ1n) is 7.15. The summed E-state index contributed by atoms with van der Waals surface area (Å²) in [6.45, 7) is 0. The van der Waals surface area contributed by atoms with Crippen molar-refractivity contribution in [3.63, 3.8) is 0 Å². The molecule has 0 aliphatic carbocycles. The third-order valence-corrected chi connectivity index (χ3v) is 3.45. The summed E-state index contributed by atoms with van der Waals surface area (Å²) in [5, 5.41) is 0. The van der Waals surface area contributed by atoms with E-state index < -0.39 is 17.4 Å². The number of Topliss-reactive ketones (excluding diaryl/α,β-unsaturated/α-hetero) is 2. The Kier molecular flexibility index (Phi) is 5.63. The van der Waals surface area contributed by atoms with Crippen LogP contribution in [-0.2, 0) is 11.2 Å². The highest BCUT2D eigenvalue weighted by Gasteiger charge is 2.15. The largest absolute Gasteiger partial charge is 0.494 e. The first kappa shape index (κ1) is 17.6. The van der Waals surface area contributed by atoms with E-state index in [-0.39, 0.29) is 35.7 Å². The SMILES string of the molecule is COc1ccc(CC(=O)CC(=O)c2ccc(OC)c(F)c2)cc1F. The molecular formula is C18H16F2O4. The number of ketones is 2. The molecule has 6 heteroatoms. The molecule has 0 aliphatic rings. The molecule has 0 unspecified atom stereocenters. The molecule has 2 rings (SSSR count). The lowest BCUT2D eigenvalue weighted by Gasteiger charge is -2.06. The zero-order valence-corrected chi connectivity index (χ0v) is 13.3. The zero-order chi connectivity index (χ0) is 17.7. The van der Waals surface area contributed by atoms with Crippen LogP contribution in [-0.4, -0.2) is 25.8 Å². The number of carbonyl (C=O) groups excluding carboxylic acids is 2. The average molecular weight is 334 g/mol. The predicted molar refractivity (Wildman–Crippen MR) is 83.6 cm³/mol. The minimum Gasteiger partial charge on any atom is -0.494 e. The Morgan fingerprint density at radius 3 is 2.04 bits per heavy atom. The van der Waals surface area contributed by atoms with E-state index in [9.17, 15) is 18.4 Å². The van der Waals surface area contributed by atoms with Gasteiger partial charge < -0.3 is 9.47 Å². The van der Waals surface area contributed by atoms with Crippen molar-refractivity contribution in [1.82, 2.24) is 0 Å². The van der Waals surface area contributed by atoms with Crippen LogP contribution in [0.15, 0.2) is 36.4 Å². The number of hydrogen-bond acceptors (Lipinski definition) is 4. The summed E-state index contributed by atoms with van der Waals surface area (Å²) in [6.07, 6.45) is -0.481. The Labute approximate surface area is 138 Å². The van der Waals surface area contributed by atoms with Gasteiger partial charge in [-0.3, -0.25) is 9.59 Å². The van der Waals surface area contributed by atoms with Gasteiger partial charge in [0.15, 0.2) is 28.9 Å². The second-order valence-electron chi connectivity index (χ2n) is 5.13. The molecule has 2 aromatic carbocycles. The Morgan fingerprint density at radius 2 is 1.50 bits per heavy atom. The summed E-state index contributed by atoms with van der Waals surface area (Å²) in [6, 6.07) is 7.90. The molecular weight excluding hydrogens is 318 g/mol. The number of halogens is 2. The molecule has 24 heavy (non-hydrogen) atoms. The highest BCUT2D eigenvalue weighted by Crippen LogP contribution is 2.20. The van der Waals surface area contributed by atoms with Gasteiger partial charge in [-0.1, -0.05) is 6.07 Å². The molecule has 0 spiro atoms. The number of rotatable bonds is 7. The monoisotopic (exact) mass is 334 g/mol. The van der Waals surface area contributed by atoms with Gasteiger partial charge in [0.25, 0.3) is 0 Å². The number of hydrogen-bond donors (Lipinski definition) is 0. The highest BCUT2D eigenvalue weighted by atomic mass is 19.1. The van der Waals surface area contributed by atoms with Crippen molar-refractivity contribution in [3.8, 4) is 11.5 Å². The lowest BCUT2D eigenvalue weighted by molar-refractivity contribution is -0.117. The number of methoxy groups -OCH3 is 2. The van der Waals surface area contributed by atoms with E-state index in [2.05, 4.69) is 0 Å². The number of carbonyl (C=O) groups is 2. The summed E-state index contributed by atoms with van der Waals surface area (Å²) in [7, 11) is 2.66. The van der Waals surface area contributed by atoms with Gasteiger partial charge in [0.1, 0.15) is 5.78 Å².